The number of nitrogens with two attached hydrogens (primary N) is 1. The number of sulfonamides is 1. The first kappa shape index (κ1) is 25.4. The third kappa shape index (κ3) is 4.73. The SMILES string of the molecule is Cc1ccc(S(=O)(=O)NC23CCC(COC(=O)C(F)(F)F)(CC2)OC3)cc1-c1cn2c(N)ncnc2n1. The fourth-order valence-electron chi connectivity index (χ4n) is 4.71. The van der Waals surface area contributed by atoms with Crippen LogP contribution in [0.2, 0.25) is 0 Å². The van der Waals surface area contributed by atoms with Gasteiger partial charge in [0.1, 0.15) is 18.5 Å². The molecule has 3 fully saturated rings. The molecule has 0 amide bonds. The minimum atomic E-state index is -5.09. The van der Waals surface area contributed by atoms with E-state index < -0.39 is 39.9 Å². The van der Waals surface area contributed by atoms with Gasteiger partial charge in [-0.15, -0.1) is 0 Å². The van der Waals surface area contributed by atoms with Crippen molar-refractivity contribution in [3.05, 3.63) is 36.3 Å². The van der Waals surface area contributed by atoms with Crippen molar-refractivity contribution in [1.29, 1.82) is 0 Å². The number of hydrogen-bond donors (Lipinski definition) is 2. The van der Waals surface area contributed by atoms with Gasteiger partial charge in [0, 0.05) is 11.8 Å². The van der Waals surface area contributed by atoms with Crippen molar-refractivity contribution < 1.29 is 35.9 Å². The van der Waals surface area contributed by atoms with Crippen LogP contribution < -0.4 is 10.5 Å². The normalized spacial score (nSPS) is 23.9. The zero-order valence-corrected chi connectivity index (χ0v) is 20.4. The Labute approximate surface area is 209 Å². The number of fused-ring (bicyclic) bond motifs is 4. The molecular formula is C22H23F3N6O5S. The zero-order valence-electron chi connectivity index (χ0n) is 19.6. The van der Waals surface area contributed by atoms with Gasteiger partial charge < -0.3 is 15.2 Å². The summed E-state index contributed by atoms with van der Waals surface area (Å²) in [5, 5.41) is 0. The van der Waals surface area contributed by atoms with Crippen LogP contribution in [-0.4, -0.2) is 64.3 Å². The number of aryl methyl sites for hydroxylation is 1. The lowest BCUT2D eigenvalue weighted by Crippen LogP contribution is -2.64. The number of alkyl halides is 3. The number of carbonyl (C=O) groups is 1. The Kier molecular flexibility index (Phi) is 5.91. The Hall–Kier alpha value is -3.30. The maximum Gasteiger partial charge on any atom is 0.490 e. The number of hydrogen-bond acceptors (Lipinski definition) is 9. The molecule has 3 aromatic rings. The Morgan fingerprint density at radius 2 is 1.97 bits per heavy atom. The predicted octanol–water partition coefficient (Wildman–Crippen LogP) is 2.15. The van der Waals surface area contributed by atoms with E-state index >= 15 is 0 Å². The second-order valence-electron chi connectivity index (χ2n) is 9.44. The Balaban J connectivity index is 1.33. The van der Waals surface area contributed by atoms with Crippen LogP contribution in [-0.2, 0) is 24.3 Å². The van der Waals surface area contributed by atoms with Gasteiger partial charge in [-0.05, 0) is 50.3 Å². The molecule has 37 heavy (non-hydrogen) atoms. The van der Waals surface area contributed by atoms with Crippen LogP contribution in [0.1, 0.15) is 31.2 Å². The predicted molar refractivity (Wildman–Crippen MR) is 123 cm³/mol. The molecule has 15 heteroatoms. The molecule has 2 saturated heterocycles. The van der Waals surface area contributed by atoms with Crippen molar-refractivity contribution in [3.63, 3.8) is 0 Å². The molecule has 1 saturated carbocycles. The standard InChI is InChI=1S/C22H23F3N6O5S/c1-13-2-3-14(8-15(13)16-9-31-18(26)27-12-28-19(31)29-16)37(33,34)30-20-4-6-21(7-5-20,36-10-20)11-35-17(32)22(23,24)25/h2-3,8-9,12,30H,4-7,10-11H2,1H3,(H2,26,27,28,29). The van der Waals surface area contributed by atoms with Crippen LogP contribution >= 0.6 is 0 Å². The summed E-state index contributed by atoms with van der Waals surface area (Å²) in [4.78, 5) is 23.5. The molecule has 3 N–H and O–H groups in total. The van der Waals surface area contributed by atoms with E-state index in [0.717, 1.165) is 5.56 Å². The fraction of sp³-hybridized carbons (Fsp3) is 0.455. The van der Waals surface area contributed by atoms with E-state index in [1.54, 1.807) is 12.3 Å². The van der Waals surface area contributed by atoms with Crippen LogP contribution in [0.3, 0.4) is 0 Å². The van der Waals surface area contributed by atoms with Crippen LogP contribution in [0.5, 0.6) is 0 Å². The van der Waals surface area contributed by atoms with Crippen molar-refractivity contribution in [3.8, 4) is 11.3 Å². The Morgan fingerprint density at radius 1 is 1.24 bits per heavy atom. The summed E-state index contributed by atoms with van der Waals surface area (Å²) in [7, 11) is -4.01. The maximum atomic E-state index is 13.4. The summed E-state index contributed by atoms with van der Waals surface area (Å²) < 4.78 is 78.6. The van der Waals surface area contributed by atoms with Gasteiger partial charge in [-0.25, -0.2) is 32.9 Å². The Bertz CT molecular complexity index is 1470. The fourth-order valence-corrected chi connectivity index (χ4v) is 6.18. The summed E-state index contributed by atoms with van der Waals surface area (Å²) >= 11 is 0. The van der Waals surface area contributed by atoms with Crippen molar-refractivity contribution in [2.45, 2.75) is 54.8 Å². The lowest BCUT2D eigenvalue weighted by atomic mass is 9.72. The lowest BCUT2D eigenvalue weighted by Gasteiger charge is -2.52. The molecule has 2 aliphatic heterocycles. The van der Waals surface area contributed by atoms with E-state index in [2.05, 4.69) is 24.4 Å². The van der Waals surface area contributed by atoms with E-state index in [-0.39, 0.29) is 30.3 Å². The van der Waals surface area contributed by atoms with Crippen molar-refractivity contribution in [1.82, 2.24) is 24.1 Å². The molecule has 11 nitrogen and oxygen atoms in total. The number of nitrogens with zero attached hydrogens (tertiary/aromatic N) is 4. The number of esters is 1. The molecule has 2 bridgehead atoms. The second kappa shape index (κ2) is 8.63. The van der Waals surface area contributed by atoms with Gasteiger partial charge in [-0.3, -0.25) is 4.40 Å². The number of benzene rings is 1. The first-order chi connectivity index (χ1) is 17.3. The van der Waals surface area contributed by atoms with Crippen LogP contribution in [0.4, 0.5) is 19.1 Å². The van der Waals surface area contributed by atoms with Crippen LogP contribution in [0, 0.1) is 6.92 Å². The first-order valence-corrected chi connectivity index (χ1v) is 12.8. The van der Waals surface area contributed by atoms with Crippen molar-refractivity contribution in [2.75, 3.05) is 18.9 Å². The number of imidazole rings is 1. The van der Waals surface area contributed by atoms with E-state index in [4.69, 9.17) is 10.5 Å². The van der Waals surface area contributed by atoms with Gasteiger partial charge in [0.05, 0.1) is 22.7 Å². The van der Waals surface area contributed by atoms with E-state index in [0.29, 0.717) is 29.9 Å². The second-order valence-corrected chi connectivity index (χ2v) is 11.1. The van der Waals surface area contributed by atoms with E-state index in [9.17, 15) is 26.4 Å². The smallest absolute Gasteiger partial charge is 0.456 e. The van der Waals surface area contributed by atoms with Gasteiger partial charge in [0.2, 0.25) is 21.7 Å². The van der Waals surface area contributed by atoms with Gasteiger partial charge in [0.15, 0.2) is 0 Å². The van der Waals surface area contributed by atoms with E-state index in [1.807, 2.05) is 6.92 Å². The minimum Gasteiger partial charge on any atom is -0.456 e. The van der Waals surface area contributed by atoms with Gasteiger partial charge in [-0.1, -0.05) is 6.07 Å². The summed E-state index contributed by atoms with van der Waals surface area (Å²) in [5.41, 5.74) is 5.70. The molecule has 0 unspecified atom stereocenters. The molecular weight excluding hydrogens is 517 g/mol. The Morgan fingerprint density at radius 3 is 2.59 bits per heavy atom. The summed E-state index contributed by atoms with van der Waals surface area (Å²) in [6.07, 6.45) is -1.07. The first-order valence-electron chi connectivity index (χ1n) is 11.3. The highest BCUT2D eigenvalue weighted by Crippen LogP contribution is 2.44. The average Bonchev–Trinajstić information content (AvgIpc) is 3.28. The molecule has 0 spiro atoms. The third-order valence-electron chi connectivity index (χ3n) is 6.91. The number of aromatic nitrogens is 4. The number of anilines is 1. The van der Waals surface area contributed by atoms with Crippen LogP contribution in [0.15, 0.2) is 35.6 Å². The molecule has 198 valence electrons. The highest BCUT2D eigenvalue weighted by molar-refractivity contribution is 7.89. The number of carbonyl (C=O) groups excluding carboxylic acids is 1. The molecule has 3 aliphatic rings. The number of nitrogens with one attached hydrogen (secondary N) is 1. The number of halogens is 3. The topological polar surface area (TPSA) is 151 Å². The van der Waals surface area contributed by atoms with Gasteiger partial charge in [0.25, 0.3) is 0 Å². The van der Waals surface area contributed by atoms with Gasteiger partial charge in [-0.2, -0.15) is 13.2 Å². The maximum absolute atomic E-state index is 13.4. The molecule has 1 aliphatic carbocycles. The van der Waals surface area contributed by atoms with E-state index in [1.165, 1.54) is 22.9 Å². The van der Waals surface area contributed by atoms with Crippen molar-refractivity contribution in [2.24, 2.45) is 0 Å². The molecule has 4 heterocycles. The number of rotatable bonds is 6. The molecule has 0 radical (unpaired) electrons. The van der Waals surface area contributed by atoms with Crippen molar-refractivity contribution >= 4 is 27.7 Å². The lowest BCUT2D eigenvalue weighted by molar-refractivity contribution is -0.219. The molecule has 6 rings (SSSR count). The number of ether oxygens (including phenoxy) is 2. The largest absolute Gasteiger partial charge is 0.490 e. The zero-order chi connectivity index (χ0) is 26.6. The number of nitrogen functional groups attached to an aromatic ring is 1. The highest BCUT2D eigenvalue weighted by Gasteiger charge is 2.53. The van der Waals surface area contributed by atoms with Crippen LogP contribution in [0.25, 0.3) is 17.0 Å². The monoisotopic (exact) mass is 540 g/mol. The highest BCUT2D eigenvalue weighted by atomic mass is 32.2. The minimum absolute atomic E-state index is 0.0140. The molecule has 2 aromatic heterocycles. The quantitative estimate of drug-likeness (QED) is 0.448. The average molecular weight is 541 g/mol. The molecule has 0 atom stereocenters. The summed E-state index contributed by atoms with van der Waals surface area (Å²) in [6, 6.07) is 4.65. The van der Waals surface area contributed by atoms with Gasteiger partial charge >= 0.3 is 12.1 Å². The third-order valence-corrected chi connectivity index (χ3v) is 8.49. The summed E-state index contributed by atoms with van der Waals surface area (Å²) in [5.74, 6) is -1.77. The summed E-state index contributed by atoms with van der Waals surface area (Å²) in [6.45, 7) is 1.22. The molecule has 1 aromatic carbocycles.